The van der Waals surface area contributed by atoms with Gasteiger partial charge in [-0.05, 0) is 79.8 Å². The molecule has 2 heterocycles. The molecule has 0 radical (unpaired) electrons. The highest BCUT2D eigenvalue weighted by Gasteiger charge is 2.23. The number of hydrogen-bond donors (Lipinski definition) is 2. The predicted octanol–water partition coefficient (Wildman–Crippen LogP) is 3.53. The molecule has 0 bridgehead atoms. The number of rotatable bonds is 7. The van der Waals surface area contributed by atoms with Gasteiger partial charge in [-0.15, -0.1) is 0 Å². The van der Waals surface area contributed by atoms with E-state index in [0.717, 1.165) is 52.8 Å². The maximum atomic E-state index is 14.0. The van der Waals surface area contributed by atoms with Crippen LogP contribution in [0.25, 0.3) is 10.9 Å². The molecular weight excluding hydrogens is 562 g/mol. The highest BCUT2D eigenvalue weighted by Crippen LogP contribution is 2.32. The van der Waals surface area contributed by atoms with Crippen LogP contribution in [0.4, 0.5) is 5.69 Å². The van der Waals surface area contributed by atoms with Crippen molar-refractivity contribution in [2.75, 3.05) is 11.8 Å². The number of fused-ring (bicyclic) bond motifs is 2. The molecule has 1 saturated carbocycles. The van der Waals surface area contributed by atoms with Gasteiger partial charge in [-0.25, -0.2) is 15.6 Å². The maximum Gasteiger partial charge on any atom is 0.332 e. The van der Waals surface area contributed by atoms with Crippen LogP contribution in [-0.4, -0.2) is 33.8 Å². The number of aryl methyl sites for hydroxylation is 2. The van der Waals surface area contributed by atoms with E-state index in [1.807, 2.05) is 26.0 Å². The number of anilines is 1. The van der Waals surface area contributed by atoms with Crippen molar-refractivity contribution < 1.29 is 19.1 Å². The molecule has 0 saturated heterocycles. The first-order valence-corrected chi connectivity index (χ1v) is 14.8. The molecule has 0 unspecified atom stereocenters. The minimum atomic E-state index is -0.701. The normalized spacial score (nSPS) is 14.5. The molecule has 228 valence electrons. The maximum absolute atomic E-state index is 14.0. The fourth-order valence-electron chi connectivity index (χ4n) is 5.91. The first-order valence-electron chi connectivity index (χ1n) is 14.8. The summed E-state index contributed by atoms with van der Waals surface area (Å²) in [6.07, 6.45) is 5.09. The van der Waals surface area contributed by atoms with Gasteiger partial charge >= 0.3 is 5.69 Å². The van der Waals surface area contributed by atoms with Gasteiger partial charge in [0.15, 0.2) is 11.5 Å². The first-order chi connectivity index (χ1) is 21.2. The predicted molar refractivity (Wildman–Crippen MR) is 166 cm³/mol. The number of nitrogens with two attached hydrogens (primary N) is 1. The molecule has 2 aliphatic rings. The van der Waals surface area contributed by atoms with E-state index >= 15 is 0 Å². The van der Waals surface area contributed by atoms with Crippen LogP contribution in [0.1, 0.15) is 59.2 Å². The Labute approximate surface area is 253 Å². The summed E-state index contributed by atoms with van der Waals surface area (Å²) in [5, 5.41) is 4.30. The van der Waals surface area contributed by atoms with Crippen LogP contribution in [0.3, 0.4) is 0 Å². The van der Waals surface area contributed by atoms with Crippen molar-refractivity contribution in [3.63, 3.8) is 0 Å². The molecule has 3 N–H and O–H groups in total. The van der Waals surface area contributed by atoms with Crippen LogP contribution in [0, 0.1) is 13.8 Å². The Morgan fingerprint density at radius 2 is 1.70 bits per heavy atom. The summed E-state index contributed by atoms with van der Waals surface area (Å²) in [6, 6.07) is 15.5. The van der Waals surface area contributed by atoms with Crippen molar-refractivity contribution in [3.05, 3.63) is 97.7 Å². The molecule has 0 spiro atoms. The average Bonchev–Trinajstić information content (AvgIpc) is 3.50. The molecule has 0 atom stereocenters. The Morgan fingerprint density at radius 3 is 2.50 bits per heavy atom. The number of aromatic nitrogens is 2. The van der Waals surface area contributed by atoms with E-state index in [9.17, 15) is 19.2 Å². The van der Waals surface area contributed by atoms with E-state index in [1.54, 1.807) is 30.3 Å². The van der Waals surface area contributed by atoms with Crippen LogP contribution in [0.2, 0.25) is 0 Å². The smallest absolute Gasteiger partial charge is 0.332 e. The third-order valence-electron chi connectivity index (χ3n) is 8.39. The number of nitrogens with zero attached hydrogens (tertiary/aromatic N) is 3. The number of carbonyl (C=O) groups excluding carboxylic acids is 2. The van der Waals surface area contributed by atoms with E-state index < -0.39 is 23.7 Å². The lowest BCUT2D eigenvalue weighted by Gasteiger charge is -2.23. The van der Waals surface area contributed by atoms with E-state index in [4.69, 9.17) is 15.3 Å². The Bertz CT molecular complexity index is 1890. The molecule has 1 aliphatic carbocycles. The number of ether oxygens (including phenoxy) is 2. The molecule has 2 amide bonds. The largest absolute Gasteiger partial charge is 0.454 e. The monoisotopic (exact) mass is 597 g/mol. The molecule has 44 heavy (non-hydrogen) atoms. The van der Waals surface area contributed by atoms with Gasteiger partial charge in [-0.1, -0.05) is 37.5 Å². The highest BCUT2D eigenvalue weighted by atomic mass is 16.7. The summed E-state index contributed by atoms with van der Waals surface area (Å²) in [6.45, 7) is 3.31. The molecule has 6 rings (SSSR count). The van der Waals surface area contributed by atoms with Crippen LogP contribution in [0.5, 0.6) is 11.5 Å². The van der Waals surface area contributed by atoms with E-state index in [2.05, 4.69) is 5.32 Å². The summed E-state index contributed by atoms with van der Waals surface area (Å²) < 4.78 is 13.1. The lowest BCUT2D eigenvalue weighted by atomic mass is 9.95. The van der Waals surface area contributed by atoms with E-state index in [0.29, 0.717) is 28.3 Å². The lowest BCUT2D eigenvalue weighted by Crippen LogP contribution is -2.46. The lowest BCUT2D eigenvalue weighted by molar-refractivity contribution is -0.119. The average molecular weight is 598 g/mol. The zero-order valence-electron chi connectivity index (χ0n) is 24.8. The summed E-state index contributed by atoms with van der Waals surface area (Å²) in [7, 11) is 0. The summed E-state index contributed by atoms with van der Waals surface area (Å²) in [4.78, 5) is 54.6. The second-order valence-electron chi connectivity index (χ2n) is 11.5. The Hall–Kier alpha value is -4.90. The molecule has 4 aromatic rings. The van der Waals surface area contributed by atoms with Crippen molar-refractivity contribution >= 4 is 28.4 Å². The third-order valence-corrected chi connectivity index (χ3v) is 8.39. The van der Waals surface area contributed by atoms with E-state index in [-0.39, 0.29) is 36.2 Å². The second-order valence-corrected chi connectivity index (χ2v) is 11.5. The highest BCUT2D eigenvalue weighted by molar-refractivity contribution is 5.98. The molecule has 1 fully saturated rings. The zero-order valence-corrected chi connectivity index (χ0v) is 24.8. The van der Waals surface area contributed by atoms with Crippen molar-refractivity contribution in [1.29, 1.82) is 0 Å². The molecule has 11 nitrogen and oxygen atoms in total. The number of hydrogen-bond acceptors (Lipinski definition) is 7. The molecule has 1 aromatic heterocycles. The summed E-state index contributed by atoms with van der Waals surface area (Å²) >= 11 is 0. The molecular formula is C33H35N5O6. The number of amides is 2. The Kier molecular flexibility index (Phi) is 7.96. The van der Waals surface area contributed by atoms with Crippen LogP contribution in [0.15, 0.2) is 64.2 Å². The van der Waals surface area contributed by atoms with Crippen molar-refractivity contribution in [2.45, 2.75) is 65.1 Å². The minimum Gasteiger partial charge on any atom is -0.454 e. The summed E-state index contributed by atoms with van der Waals surface area (Å²) in [5.74, 6) is 6.54. The third kappa shape index (κ3) is 5.70. The van der Waals surface area contributed by atoms with Crippen LogP contribution >= 0.6 is 0 Å². The Morgan fingerprint density at radius 1 is 0.932 bits per heavy atom. The number of carbonyl (C=O) groups is 2. The SMILES string of the molecule is Cc1ccc(C)c(N(N)C(=O)Cn2c(=O)n(Cc3ccc4c(c3)OCO4)c(=O)c3ccc(C(=O)NC4CCCCC4)cc32)c1. The van der Waals surface area contributed by atoms with Crippen LogP contribution in [-0.2, 0) is 17.9 Å². The molecule has 1 aliphatic heterocycles. The van der Waals surface area contributed by atoms with Crippen molar-refractivity contribution in [2.24, 2.45) is 5.84 Å². The fourth-order valence-corrected chi connectivity index (χ4v) is 5.91. The quantitative estimate of drug-likeness (QED) is 0.189. The van der Waals surface area contributed by atoms with Gasteiger partial charge in [-0.2, -0.15) is 0 Å². The number of nitrogens with one attached hydrogen (secondary N) is 1. The van der Waals surface area contributed by atoms with Gasteiger partial charge in [0.05, 0.1) is 23.1 Å². The molecule has 11 heteroatoms. The van der Waals surface area contributed by atoms with Gasteiger partial charge < -0.3 is 14.8 Å². The standard InChI is InChI=1S/C33H35N5O6/c1-20-8-9-21(2)26(14-20)38(34)30(39)18-36-27-16-23(31(40)35-24-6-4-3-5-7-24)11-12-25(27)32(41)37(33(36)42)17-22-10-13-28-29(15-22)44-19-43-28/h8-16,24H,3-7,17-19,34H2,1-2H3,(H,35,40). The van der Waals surface area contributed by atoms with E-state index in [1.165, 1.54) is 16.7 Å². The van der Waals surface area contributed by atoms with Crippen molar-refractivity contribution in [1.82, 2.24) is 14.5 Å². The van der Waals surface area contributed by atoms with Gasteiger partial charge in [0.25, 0.3) is 17.4 Å². The zero-order chi connectivity index (χ0) is 31.0. The molecule has 3 aromatic carbocycles. The first kappa shape index (κ1) is 29.2. The Balaban J connectivity index is 1.42. The fraction of sp³-hybridized carbons (Fsp3) is 0.333. The topological polar surface area (TPSA) is 138 Å². The van der Waals surface area contributed by atoms with Crippen molar-refractivity contribution in [3.8, 4) is 11.5 Å². The van der Waals surface area contributed by atoms with Gasteiger partial charge in [0.1, 0.15) is 6.54 Å². The summed E-state index contributed by atoms with van der Waals surface area (Å²) in [5.41, 5.74) is 2.10. The second kappa shape index (κ2) is 12.0. The number of benzene rings is 3. The minimum absolute atomic E-state index is 0.0638. The van der Waals surface area contributed by atoms with Gasteiger partial charge in [-0.3, -0.25) is 23.5 Å². The number of hydrazine groups is 1. The van der Waals surface area contributed by atoms with Gasteiger partial charge in [0, 0.05) is 11.6 Å². The van der Waals surface area contributed by atoms with Crippen LogP contribution < -0.4 is 36.9 Å². The van der Waals surface area contributed by atoms with Gasteiger partial charge in [0.2, 0.25) is 6.79 Å².